The highest BCUT2D eigenvalue weighted by Gasteiger charge is 2.13. The molecule has 2 aromatic carbocycles. The van der Waals surface area contributed by atoms with Gasteiger partial charge in [0.15, 0.2) is 0 Å². The highest BCUT2D eigenvalue weighted by atomic mass is 79.9. The van der Waals surface area contributed by atoms with E-state index in [1.807, 2.05) is 12.1 Å². The van der Waals surface area contributed by atoms with Gasteiger partial charge in [-0.2, -0.15) is 0 Å². The predicted molar refractivity (Wildman–Crippen MR) is 88.4 cm³/mol. The molecule has 0 saturated carbocycles. The number of nitrogens with one attached hydrogen (secondary N) is 1. The molecule has 21 heavy (non-hydrogen) atoms. The molecule has 0 amide bonds. The zero-order valence-corrected chi connectivity index (χ0v) is 13.7. The van der Waals surface area contributed by atoms with E-state index >= 15 is 0 Å². The van der Waals surface area contributed by atoms with Gasteiger partial charge in [-0.05, 0) is 64.3 Å². The van der Waals surface area contributed by atoms with Crippen molar-refractivity contribution in [3.05, 3.63) is 52.0 Å². The Morgan fingerprint density at radius 2 is 2.10 bits per heavy atom. The summed E-state index contributed by atoms with van der Waals surface area (Å²) in [6.45, 7) is 2.94. The molecule has 0 fully saturated rings. The largest absolute Gasteiger partial charge is 0.496 e. The number of rotatable bonds is 4. The Labute approximate surface area is 133 Å². The van der Waals surface area contributed by atoms with Crippen LogP contribution in [0.4, 0.5) is 5.69 Å². The van der Waals surface area contributed by atoms with Gasteiger partial charge in [-0.25, -0.2) is 0 Å². The van der Waals surface area contributed by atoms with E-state index in [4.69, 9.17) is 9.47 Å². The van der Waals surface area contributed by atoms with Gasteiger partial charge < -0.3 is 14.8 Å². The maximum absolute atomic E-state index is 5.54. The molecule has 0 aromatic heterocycles. The molecule has 0 bridgehead atoms. The van der Waals surface area contributed by atoms with Crippen molar-refractivity contribution < 1.29 is 9.47 Å². The first-order valence-electron chi connectivity index (χ1n) is 7.03. The summed E-state index contributed by atoms with van der Waals surface area (Å²) in [5.74, 6) is 1.86. The molecule has 0 aliphatic carbocycles. The van der Waals surface area contributed by atoms with Gasteiger partial charge in [0.25, 0.3) is 0 Å². The zero-order valence-electron chi connectivity index (χ0n) is 12.2. The molecule has 3 nitrogen and oxygen atoms in total. The normalized spacial score (nSPS) is 14.2. The van der Waals surface area contributed by atoms with E-state index in [-0.39, 0.29) is 6.04 Å². The predicted octanol–water partition coefficient (Wildman–Crippen LogP) is 4.57. The number of hydrogen-bond acceptors (Lipinski definition) is 3. The molecule has 1 aliphatic rings. The van der Waals surface area contributed by atoms with Gasteiger partial charge >= 0.3 is 0 Å². The zero-order chi connectivity index (χ0) is 14.8. The van der Waals surface area contributed by atoms with E-state index in [2.05, 4.69) is 52.4 Å². The first-order valence-corrected chi connectivity index (χ1v) is 7.82. The molecule has 1 atom stereocenters. The van der Waals surface area contributed by atoms with Crippen molar-refractivity contribution in [3.8, 4) is 11.5 Å². The van der Waals surface area contributed by atoms with Crippen molar-refractivity contribution in [3.63, 3.8) is 0 Å². The average molecular weight is 348 g/mol. The van der Waals surface area contributed by atoms with E-state index in [1.54, 1.807) is 7.11 Å². The lowest BCUT2D eigenvalue weighted by atomic mass is 10.1. The van der Waals surface area contributed by atoms with Crippen LogP contribution in [-0.4, -0.2) is 13.7 Å². The van der Waals surface area contributed by atoms with Crippen LogP contribution in [0.3, 0.4) is 0 Å². The number of methoxy groups -OCH3 is 1. The van der Waals surface area contributed by atoms with E-state index in [9.17, 15) is 0 Å². The number of hydrogen-bond donors (Lipinski definition) is 1. The quantitative estimate of drug-likeness (QED) is 0.878. The molecule has 1 unspecified atom stereocenters. The minimum Gasteiger partial charge on any atom is -0.496 e. The third kappa shape index (κ3) is 3.00. The number of benzene rings is 2. The third-order valence-corrected chi connectivity index (χ3v) is 4.37. The summed E-state index contributed by atoms with van der Waals surface area (Å²) in [6.07, 6.45) is 0.993. The Hall–Kier alpha value is -1.68. The maximum atomic E-state index is 5.54. The monoisotopic (exact) mass is 347 g/mol. The Morgan fingerprint density at radius 1 is 1.24 bits per heavy atom. The smallest absolute Gasteiger partial charge is 0.133 e. The SMILES string of the molecule is COc1ccc(C(C)Nc2ccc3c(c2)CCO3)cc1Br. The molecule has 0 spiro atoms. The van der Waals surface area contributed by atoms with Gasteiger partial charge in [-0.1, -0.05) is 6.07 Å². The van der Waals surface area contributed by atoms with Crippen LogP contribution in [0.25, 0.3) is 0 Å². The first-order chi connectivity index (χ1) is 10.2. The molecule has 0 radical (unpaired) electrons. The lowest BCUT2D eigenvalue weighted by Crippen LogP contribution is -2.06. The van der Waals surface area contributed by atoms with Crippen molar-refractivity contribution in [2.45, 2.75) is 19.4 Å². The summed E-state index contributed by atoms with van der Waals surface area (Å²) in [6, 6.07) is 12.7. The van der Waals surface area contributed by atoms with Crippen molar-refractivity contribution in [2.24, 2.45) is 0 Å². The molecular weight excluding hydrogens is 330 g/mol. The number of halogens is 1. The number of ether oxygens (including phenoxy) is 2. The molecule has 1 aliphatic heterocycles. The summed E-state index contributed by atoms with van der Waals surface area (Å²) in [7, 11) is 1.67. The lowest BCUT2D eigenvalue weighted by Gasteiger charge is -2.17. The van der Waals surface area contributed by atoms with Crippen LogP contribution >= 0.6 is 15.9 Å². The topological polar surface area (TPSA) is 30.5 Å². The van der Waals surface area contributed by atoms with Gasteiger partial charge in [-0.3, -0.25) is 0 Å². The van der Waals surface area contributed by atoms with Crippen LogP contribution in [0.15, 0.2) is 40.9 Å². The van der Waals surface area contributed by atoms with Crippen LogP contribution in [0.5, 0.6) is 11.5 Å². The van der Waals surface area contributed by atoms with Crippen LogP contribution in [-0.2, 0) is 6.42 Å². The van der Waals surface area contributed by atoms with Crippen molar-refractivity contribution >= 4 is 21.6 Å². The summed E-state index contributed by atoms with van der Waals surface area (Å²) < 4.78 is 11.8. The van der Waals surface area contributed by atoms with E-state index < -0.39 is 0 Å². The van der Waals surface area contributed by atoms with Gasteiger partial charge in [0.05, 0.1) is 18.2 Å². The van der Waals surface area contributed by atoms with E-state index in [0.29, 0.717) is 0 Å². The Bertz CT molecular complexity index is 657. The van der Waals surface area contributed by atoms with Crippen LogP contribution < -0.4 is 14.8 Å². The van der Waals surface area contributed by atoms with Crippen molar-refractivity contribution in [1.29, 1.82) is 0 Å². The second-order valence-corrected chi connectivity index (χ2v) is 6.04. The molecule has 1 N–H and O–H groups in total. The summed E-state index contributed by atoms with van der Waals surface area (Å²) in [5, 5.41) is 3.54. The minimum absolute atomic E-state index is 0.215. The van der Waals surface area contributed by atoms with E-state index in [1.165, 1.54) is 11.1 Å². The minimum atomic E-state index is 0.215. The van der Waals surface area contributed by atoms with Gasteiger partial charge in [-0.15, -0.1) is 0 Å². The molecule has 1 heterocycles. The molecule has 2 aromatic rings. The van der Waals surface area contributed by atoms with Gasteiger partial charge in [0, 0.05) is 18.2 Å². The summed E-state index contributed by atoms with van der Waals surface area (Å²) in [5.41, 5.74) is 3.61. The highest BCUT2D eigenvalue weighted by Crippen LogP contribution is 2.31. The van der Waals surface area contributed by atoms with E-state index in [0.717, 1.165) is 34.7 Å². The average Bonchev–Trinajstić information content (AvgIpc) is 2.94. The molecule has 110 valence electrons. The fourth-order valence-corrected chi connectivity index (χ4v) is 3.12. The fraction of sp³-hybridized carbons (Fsp3) is 0.294. The van der Waals surface area contributed by atoms with Crippen molar-refractivity contribution in [2.75, 3.05) is 19.0 Å². The summed E-state index contributed by atoms with van der Waals surface area (Å²) in [4.78, 5) is 0. The highest BCUT2D eigenvalue weighted by molar-refractivity contribution is 9.10. The fourth-order valence-electron chi connectivity index (χ4n) is 2.56. The number of anilines is 1. The van der Waals surface area contributed by atoms with Crippen LogP contribution in [0.2, 0.25) is 0 Å². The van der Waals surface area contributed by atoms with Crippen LogP contribution in [0.1, 0.15) is 24.1 Å². The number of fused-ring (bicyclic) bond motifs is 1. The Balaban J connectivity index is 1.76. The van der Waals surface area contributed by atoms with Crippen molar-refractivity contribution in [1.82, 2.24) is 0 Å². The van der Waals surface area contributed by atoms with Gasteiger partial charge in [0.2, 0.25) is 0 Å². The second-order valence-electron chi connectivity index (χ2n) is 5.18. The molecular formula is C17H18BrNO2. The molecule has 3 rings (SSSR count). The summed E-state index contributed by atoms with van der Waals surface area (Å²) >= 11 is 3.53. The standard InChI is InChI=1S/C17H18BrNO2/c1-11(12-3-5-17(20-2)15(18)10-12)19-14-4-6-16-13(9-14)7-8-21-16/h3-6,9-11,19H,7-8H2,1-2H3. The maximum Gasteiger partial charge on any atom is 0.133 e. The molecule has 4 heteroatoms. The third-order valence-electron chi connectivity index (χ3n) is 3.75. The first kappa shape index (κ1) is 14.3. The van der Waals surface area contributed by atoms with Gasteiger partial charge in [0.1, 0.15) is 11.5 Å². The lowest BCUT2D eigenvalue weighted by molar-refractivity contribution is 0.357. The van der Waals surface area contributed by atoms with Crippen LogP contribution in [0, 0.1) is 0 Å². The Morgan fingerprint density at radius 3 is 2.86 bits per heavy atom. The second kappa shape index (κ2) is 5.98. The molecule has 0 saturated heterocycles. The Kier molecular flexibility index (Phi) is 4.06.